The molecule has 1 aliphatic heterocycles. The number of nitrogens with zero attached hydrogens (tertiary/aromatic N) is 1. The van der Waals surface area contributed by atoms with Crippen LogP contribution < -0.4 is 20.3 Å². The Morgan fingerprint density at radius 2 is 1.76 bits per heavy atom. The average Bonchev–Trinajstić information content (AvgIpc) is 3.10. The molecule has 0 unspecified atom stereocenters. The van der Waals surface area contributed by atoms with Crippen molar-refractivity contribution in [1.29, 1.82) is 0 Å². The Bertz CT molecular complexity index is 1130. The molecule has 8 nitrogen and oxygen atoms in total. The van der Waals surface area contributed by atoms with E-state index >= 15 is 0 Å². The second-order valence-electron chi connectivity index (χ2n) is 7.42. The van der Waals surface area contributed by atoms with Crippen LogP contribution in [0, 0.1) is 6.92 Å². The second-order valence-corrected chi connectivity index (χ2v) is 9.10. The molecule has 2 aromatic carbocycles. The van der Waals surface area contributed by atoms with Gasteiger partial charge in [0.1, 0.15) is 4.32 Å². The molecule has 2 aromatic rings. The van der Waals surface area contributed by atoms with Crippen LogP contribution in [0.5, 0.6) is 11.5 Å². The number of ether oxygens (including phenoxy) is 2. The molecular weight excluding hydrogens is 474 g/mol. The van der Waals surface area contributed by atoms with E-state index in [0.717, 1.165) is 11.1 Å². The van der Waals surface area contributed by atoms with E-state index in [9.17, 15) is 14.4 Å². The van der Waals surface area contributed by atoms with E-state index in [1.807, 2.05) is 25.1 Å². The zero-order valence-corrected chi connectivity index (χ0v) is 20.7. The highest BCUT2D eigenvalue weighted by Gasteiger charge is 2.31. The van der Waals surface area contributed by atoms with E-state index < -0.39 is 5.91 Å². The third-order valence-corrected chi connectivity index (χ3v) is 6.37. The fourth-order valence-corrected chi connectivity index (χ4v) is 4.46. The van der Waals surface area contributed by atoms with Gasteiger partial charge in [-0.3, -0.25) is 30.1 Å². The first-order valence-electron chi connectivity index (χ1n) is 10.5. The van der Waals surface area contributed by atoms with Crippen LogP contribution >= 0.6 is 24.0 Å². The van der Waals surface area contributed by atoms with Gasteiger partial charge in [-0.15, -0.1) is 0 Å². The molecule has 2 N–H and O–H groups in total. The molecule has 0 aromatic heterocycles. The van der Waals surface area contributed by atoms with Gasteiger partial charge in [0.25, 0.3) is 11.8 Å². The van der Waals surface area contributed by atoms with Gasteiger partial charge in [0.05, 0.1) is 19.1 Å². The molecule has 0 saturated carbocycles. The van der Waals surface area contributed by atoms with Crippen LogP contribution in [-0.2, 0) is 9.59 Å². The maximum absolute atomic E-state index is 12.8. The van der Waals surface area contributed by atoms with Crippen LogP contribution in [0.25, 0.3) is 6.08 Å². The van der Waals surface area contributed by atoms with Crippen molar-refractivity contribution in [3.05, 3.63) is 64.1 Å². The first-order chi connectivity index (χ1) is 16.3. The summed E-state index contributed by atoms with van der Waals surface area (Å²) in [5.41, 5.74) is 7.05. The fourth-order valence-electron chi connectivity index (χ4n) is 3.15. The van der Waals surface area contributed by atoms with E-state index in [1.54, 1.807) is 44.6 Å². The number of hydrogen-bond donors (Lipinski definition) is 2. The summed E-state index contributed by atoms with van der Waals surface area (Å²) in [6.45, 7) is 2.22. The van der Waals surface area contributed by atoms with Crippen molar-refractivity contribution >= 4 is 52.1 Å². The summed E-state index contributed by atoms with van der Waals surface area (Å²) < 4.78 is 11.0. The number of hydrazine groups is 1. The van der Waals surface area contributed by atoms with Gasteiger partial charge in [-0.1, -0.05) is 47.7 Å². The number of carbonyl (C=O) groups is 3. The van der Waals surface area contributed by atoms with Crippen molar-refractivity contribution < 1.29 is 23.9 Å². The Balaban J connectivity index is 1.49. The molecule has 0 spiro atoms. The predicted molar refractivity (Wildman–Crippen MR) is 135 cm³/mol. The highest BCUT2D eigenvalue weighted by atomic mass is 32.2. The molecule has 3 rings (SSSR count). The lowest BCUT2D eigenvalue weighted by molar-refractivity contribution is -0.124. The number of thiocarbonyl (C=S) groups is 1. The highest BCUT2D eigenvalue weighted by molar-refractivity contribution is 8.26. The number of amides is 3. The monoisotopic (exact) mass is 499 g/mol. The number of carbonyl (C=O) groups excluding carboxylic acids is 3. The lowest BCUT2D eigenvalue weighted by atomic mass is 10.1. The third kappa shape index (κ3) is 6.36. The van der Waals surface area contributed by atoms with Crippen molar-refractivity contribution in [2.75, 3.05) is 20.8 Å². The van der Waals surface area contributed by atoms with Crippen molar-refractivity contribution in [3.8, 4) is 11.5 Å². The third-order valence-electron chi connectivity index (χ3n) is 4.99. The van der Waals surface area contributed by atoms with Gasteiger partial charge < -0.3 is 9.47 Å². The van der Waals surface area contributed by atoms with Crippen LogP contribution in [-0.4, -0.2) is 47.7 Å². The summed E-state index contributed by atoms with van der Waals surface area (Å²) >= 11 is 6.56. The highest BCUT2D eigenvalue weighted by Crippen LogP contribution is 2.34. The second kappa shape index (κ2) is 11.7. The van der Waals surface area contributed by atoms with Crippen molar-refractivity contribution in [1.82, 2.24) is 15.8 Å². The lowest BCUT2D eigenvalue weighted by Crippen LogP contribution is -2.41. The minimum absolute atomic E-state index is 0.125. The van der Waals surface area contributed by atoms with Crippen LogP contribution in [0.1, 0.15) is 34.3 Å². The van der Waals surface area contributed by atoms with Crippen molar-refractivity contribution in [2.45, 2.75) is 19.8 Å². The van der Waals surface area contributed by atoms with Crippen molar-refractivity contribution in [2.24, 2.45) is 0 Å². The minimum Gasteiger partial charge on any atom is -0.493 e. The molecule has 34 heavy (non-hydrogen) atoms. The lowest BCUT2D eigenvalue weighted by Gasteiger charge is -2.14. The van der Waals surface area contributed by atoms with Gasteiger partial charge in [0.15, 0.2) is 11.5 Å². The smallest absolute Gasteiger partial charge is 0.269 e. The number of hydrogen-bond acceptors (Lipinski definition) is 7. The Hall–Kier alpha value is -3.37. The van der Waals surface area contributed by atoms with Gasteiger partial charge >= 0.3 is 0 Å². The zero-order valence-electron chi connectivity index (χ0n) is 19.0. The van der Waals surface area contributed by atoms with E-state index in [-0.39, 0.29) is 18.2 Å². The normalized spacial score (nSPS) is 14.3. The van der Waals surface area contributed by atoms with Gasteiger partial charge in [-0.25, -0.2) is 0 Å². The summed E-state index contributed by atoms with van der Waals surface area (Å²) in [6.07, 6.45) is 2.26. The SMILES string of the molecule is COc1ccc(C=C2SC(=S)N(CCCC(=O)NNC(=O)c3ccc(C)cc3)C2=O)cc1OC. The van der Waals surface area contributed by atoms with Crippen molar-refractivity contribution in [3.63, 3.8) is 0 Å². The fraction of sp³-hybridized carbons (Fsp3) is 0.250. The molecule has 3 amide bonds. The number of nitrogens with one attached hydrogen (secondary N) is 2. The molecule has 0 aliphatic carbocycles. The summed E-state index contributed by atoms with van der Waals surface area (Å²) in [5, 5.41) is 0. The standard InChI is InChI=1S/C24H25N3O5S2/c1-15-6-9-17(10-7-15)22(29)26-25-21(28)5-4-12-27-23(30)20(34-24(27)33)14-16-8-11-18(31-2)19(13-16)32-3/h6-11,13-14H,4-5,12H2,1-3H3,(H,25,28)(H,26,29). The number of rotatable bonds is 8. The number of benzene rings is 2. The summed E-state index contributed by atoms with van der Waals surface area (Å²) in [7, 11) is 3.10. The van der Waals surface area contributed by atoms with Gasteiger partial charge in [0, 0.05) is 18.5 Å². The first-order valence-corrected chi connectivity index (χ1v) is 11.7. The maximum atomic E-state index is 12.8. The van der Waals surface area contributed by atoms with E-state index in [0.29, 0.717) is 39.3 Å². The molecule has 1 aliphatic rings. The Kier molecular flexibility index (Phi) is 8.67. The first kappa shape index (κ1) is 25.3. The Labute approximate surface area is 207 Å². The van der Waals surface area contributed by atoms with Gasteiger partial charge in [-0.05, 0) is 49.2 Å². The van der Waals surface area contributed by atoms with E-state index in [1.165, 1.54) is 16.7 Å². The van der Waals surface area contributed by atoms with Crippen LogP contribution in [0.4, 0.5) is 0 Å². The topological polar surface area (TPSA) is 97.0 Å². The molecule has 10 heteroatoms. The van der Waals surface area contributed by atoms with Gasteiger partial charge in [-0.2, -0.15) is 0 Å². The largest absolute Gasteiger partial charge is 0.493 e. The van der Waals surface area contributed by atoms with E-state index in [4.69, 9.17) is 21.7 Å². The predicted octanol–water partition coefficient (Wildman–Crippen LogP) is 3.45. The molecule has 0 atom stereocenters. The molecule has 1 heterocycles. The average molecular weight is 500 g/mol. The summed E-state index contributed by atoms with van der Waals surface area (Å²) in [4.78, 5) is 38.9. The molecule has 0 radical (unpaired) electrons. The molecular formula is C24H25N3O5S2. The number of aryl methyl sites for hydroxylation is 1. The Morgan fingerprint density at radius 3 is 2.44 bits per heavy atom. The molecule has 1 saturated heterocycles. The van der Waals surface area contributed by atoms with Gasteiger partial charge in [0.2, 0.25) is 5.91 Å². The molecule has 178 valence electrons. The summed E-state index contributed by atoms with van der Waals surface area (Å²) in [5.74, 6) is 0.197. The van der Waals surface area contributed by atoms with Crippen LogP contribution in [0.2, 0.25) is 0 Å². The number of methoxy groups -OCH3 is 2. The maximum Gasteiger partial charge on any atom is 0.269 e. The molecule has 1 fully saturated rings. The van der Waals surface area contributed by atoms with Crippen LogP contribution in [0.15, 0.2) is 47.4 Å². The zero-order chi connectivity index (χ0) is 24.7. The molecule has 0 bridgehead atoms. The van der Waals surface area contributed by atoms with E-state index in [2.05, 4.69) is 10.9 Å². The minimum atomic E-state index is -0.398. The summed E-state index contributed by atoms with van der Waals surface area (Å²) in [6, 6.07) is 12.4. The quantitative estimate of drug-likeness (QED) is 0.326. The number of thioether (sulfide) groups is 1. The van der Waals surface area contributed by atoms with Crippen LogP contribution in [0.3, 0.4) is 0 Å². The Morgan fingerprint density at radius 1 is 1.06 bits per heavy atom.